The highest BCUT2D eigenvalue weighted by Gasteiger charge is 2.48. The Morgan fingerprint density at radius 1 is 1.15 bits per heavy atom. The van der Waals surface area contributed by atoms with Crippen molar-refractivity contribution < 1.29 is 36.5 Å². The Hall–Kier alpha value is -3.60. The molecule has 0 radical (unpaired) electrons. The van der Waals surface area contributed by atoms with Crippen molar-refractivity contribution in [3.63, 3.8) is 0 Å². The first kappa shape index (κ1) is 34.3. The maximum atomic E-state index is 12.8. The van der Waals surface area contributed by atoms with Gasteiger partial charge in [0.2, 0.25) is 5.95 Å². The maximum absolute atomic E-state index is 12.8. The number of pyridine rings is 1. The van der Waals surface area contributed by atoms with E-state index in [1.54, 1.807) is 33.9 Å². The molecule has 3 aromatic heterocycles. The Morgan fingerprint density at radius 2 is 1.90 bits per heavy atom. The van der Waals surface area contributed by atoms with Gasteiger partial charge in [0.15, 0.2) is 5.72 Å². The van der Waals surface area contributed by atoms with E-state index in [1.165, 1.54) is 29.5 Å². The molecule has 48 heavy (non-hydrogen) atoms. The third-order valence-corrected chi connectivity index (χ3v) is 11.8. The van der Waals surface area contributed by atoms with Gasteiger partial charge in [0.25, 0.3) is 0 Å². The van der Waals surface area contributed by atoms with Crippen molar-refractivity contribution in [1.82, 2.24) is 19.9 Å². The Balaban J connectivity index is 1.36. The fourth-order valence-corrected chi connectivity index (χ4v) is 8.59. The number of fused-ring (bicyclic) bond motifs is 1. The van der Waals surface area contributed by atoms with Gasteiger partial charge in [-0.2, -0.15) is 4.98 Å². The summed E-state index contributed by atoms with van der Waals surface area (Å²) in [5.74, 6) is -0.642. The molecular formula is C32H37F3N6O5S2. The third kappa shape index (κ3) is 7.21. The van der Waals surface area contributed by atoms with E-state index in [-0.39, 0.29) is 41.9 Å². The van der Waals surface area contributed by atoms with E-state index in [2.05, 4.69) is 20.4 Å². The molecule has 2 aliphatic rings. The van der Waals surface area contributed by atoms with Gasteiger partial charge < -0.3 is 25.6 Å². The number of thiazole rings is 1. The third-order valence-electron chi connectivity index (χ3n) is 8.97. The summed E-state index contributed by atoms with van der Waals surface area (Å²) in [5.41, 5.74) is 2.07. The van der Waals surface area contributed by atoms with Gasteiger partial charge in [0.05, 0.1) is 33.4 Å². The monoisotopic (exact) mass is 706 g/mol. The topological polar surface area (TPSA) is 159 Å². The summed E-state index contributed by atoms with van der Waals surface area (Å²) >= 11 is 1.42. The molecule has 4 N–H and O–H groups in total. The van der Waals surface area contributed by atoms with E-state index in [0.29, 0.717) is 33.3 Å². The fourth-order valence-electron chi connectivity index (χ4n) is 6.28. The molecular weight excluding hydrogens is 670 g/mol. The zero-order valence-electron chi connectivity index (χ0n) is 26.8. The molecule has 16 heteroatoms. The van der Waals surface area contributed by atoms with Crippen LogP contribution < -0.4 is 15.4 Å². The van der Waals surface area contributed by atoms with Crippen molar-refractivity contribution in [2.45, 2.75) is 83.5 Å². The molecule has 0 saturated heterocycles. The van der Waals surface area contributed by atoms with Crippen LogP contribution in [0.2, 0.25) is 0 Å². The minimum atomic E-state index is -4.81. The summed E-state index contributed by atoms with van der Waals surface area (Å²) in [5, 5.41) is 29.8. The van der Waals surface area contributed by atoms with Crippen LogP contribution in [-0.2, 0) is 9.84 Å². The van der Waals surface area contributed by atoms with E-state index in [9.17, 15) is 31.8 Å². The van der Waals surface area contributed by atoms with Gasteiger partial charge in [-0.15, -0.1) is 24.5 Å². The number of aliphatic hydroxyl groups is 2. The van der Waals surface area contributed by atoms with Crippen molar-refractivity contribution in [3.05, 3.63) is 53.0 Å². The number of aliphatic hydroxyl groups excluding tert-OH is 1. The lowest BCUT2D eigenvalue weighted by atomic mass is 10.0. The Labute approximate surface area is 279 Å². The number of hydrogen-bond donors (Lipinski definition) is 4. The second kappa shape index (κ2) is 12.7. The normalized spacial score (nSPS) is 22.2. The molecule has 1 aromatic carbocycles. The number of rotatable bonds is 11. The molecule has 0 unspecified atom stereocenters. The number of anilines is 2. The quantitative estimate of drug-likeness (QED) is 0.135. The van der Waals surface area contributed by atoms with E-state index in [0.717, 1.165) is 28.8 Å². The summed E-state index contributed by atoms with van der Waals surface area (Å²) in [4.78, 5) is 18.9. The number of sulfone groups is 1. The number of aryl methyl sites for hydroxylation is 2. The summed E-state index contributed by atoms with van der Waals surface area (Å²) in [6, 6.07) is 5.50. The molecule has 0 aliphatic heterocycles. The highest BCUT2D eigenvalue weighted by Crippen LogP contribution is 2.45. The van der Waals surface area contributed by atoms with Crippen LogP contribution in [-0.4, -0.2) is 68.3 Å². The summed E-state index contributed by atoms with van der Waals surface area (Å²) in [6.07, 6.45) is -2.01. The molecule has 258 valence electrons. The highest BCUT2D eigenvalue weighted by molar-refractivity contribution is 7.91. The van der Waals surface area contributed by atoms with Gasteiger partial charge in [-0.3, -0.25) is 4.98 Å². The smallest absolute Gasteiger partial charge is 0.406 e. The molecule has 2 saturated carbocycles. The van der Waals surface area contributed by atoms with Crippen LogP contribution in [0.3, 0.4) is 0 Å². The maximum Gasteiger partial charge on any atom is 0.573 e. The lowest BCUT2D eigenvalue weighted by Gasteiger charge is -2.31. The van der Waals surface area contributed by atoms with Crippen molar-refractivity contribution in [3.8, 4) is 16.3 Å². The number of nitrogens with one attached hydrogen (secondary N) is 2. The molecule has 0 spiro atoms. The largest absolute Gasteiger partial charge is 0.573 e. The van der Waals surface area contributed by atoms with Gasteiger partial charge in [-0.05, 0) is 75.8 Å². The lowest BCUT2D eigenvalue weighted by molar-refractivity contribution is -0.274. The summed E-state index contributed by atoms with van der Waals surface area (Å²) in [7, 11) is -3.41. The molecule has 0 amide bonds. The predicted octanol–water partition coefficient (Wildman–Crippen LogP) is 6.02. The SMILES string of the molecule is CCS(=O)(=O)C[C@H]1CC[C@](O)(Nc2nc(N[C@H](C)c3ccc(OC(F)(F)F)cc3C)nc(C)c2-c2nc3c(C4CC4)nccc3s2)[C@@H]1O. The number of benzene rings is 1. The Morgan fingerprint density at radius 3 is 2.56 bits per heavy atom. The first-order valence-electron chi connectivity index (χ1n) is 15.7. The molecule has 11 nitrogen and oxygen atoms in total. The number of halogens is 3. The average Bonchev–Trinajstić information content (AvgIpc) is 3.69. The van der Waals surface area contributed by atoms with Gasteiger partial charge in [-0.1, -0.05) is 13.0 Å². The fraction of sp³-hybridized carbons (Fsp3) is 0.500. The zero-order chi connectivity index (χ0) is 34.6. The molecule has 4 aromatic rings. The predicted molar refractivity (Wildman–Crippen MR) is 177 cm³/mol. The number of alkyl halides is 3. The van der Waals surface area contributed by atoms with Crippen molar-refractivity contribution >= 4 is 43.2 Å². The number of nitrogens with zero attached hydrogens (tertiary/aromatic N) is 4. The van der Waals surface area contributed by atoms with E-state index in [4.69, 9.17) is 15.0 Å². The molecule has 2 aliphatic carbocycles. The zero-order valence-corrected chi connectivity index (χ0v) is 28.4. The highest BCUT2D eigenvalue weighted by atomic mass is 32.2. The number of ether oxygens (including phenoxy) is 1. The first-order valence-corrected chi connectivity index (χ1v) is 18.4. The summed E-state index contributed by atoms with van der Waals surface area (Å²) in [6.45, 7) is 6.79. The van der Waals surface area contributed by atoms with Crippen LogP contribution in [0.1, 0.15) is 74.0 Å². The summed E-state index contributed by atoms with van der Waals surface area (Å²) < 4.78 is 68.0. The second-order valence-electron chi connectivity index (χ2n) is 12.6. The minimum Gasteiger partial charge on any atom is -0.406 e. The lowest BCUT2D eigenvalue weighted by Crippen LogP contribution is -2.48. The number of aromatic nitrogens is 4. The average molecular weight is 707 g/mol. The molecule has 3 heterocycles. The van der Waals surface area contributed by atoms with Crippen molar-refractivity contribution in [2.75, 3.05) is 22.1 Å². The van der Waals surface area contributed by atoms with E-state index < -0.39 is 40.0 Å². The second-order valence-corrected chi connectivity index (χ2v) is 16.0. The standard InChI is InChI=1S/C32H37F3N6O5S2/c1-5-48(44,45)15-20-10-12-31(43,27(20)42)41-28-24(29-39-26-23(47-29)11-13-36-25(26)19-6-7-19)18(4)38-30(40-28)37-17(3)22-9-8-21(14-16(22)2)46-32(33,34)35/h8-9,11,13-14,17,19-20,27,42-43H,5-7,10,12,15H2,1-4H3,(H2,37,38,40,41)/t17-,20-,27-,31-/m1/s1. The Bertz CT molecular complexity index is 1950. The molecule has 2 fully saturated rings. The van der Waals surface area contributed by atoms with Gasteiger partial charge in [0.1, 0.15) is 38.0 Å². The van der Waals surface area contributed by atoms with Crippen molar-refractivity contribution in [2.24, 2.45) is 5.92 Å². The van der Waals surface area contributed by atoms with Crippen molar-refractivity contribution in [1.29, 1.82) is 0 Å². The Kier molecular flexibility index (Phi) is 9.06. The van der Waals surface area contributed by atoms with Gasteiger partial charge >= 0.3 is 6.36 Å². The molecule has 4 atom stereocenters. The van der Waals surface area contributed by atoms with Crippen LogP contribution in [0.4, 0.5) is 24.9 Å². The number of hydrogen-bond acceptors (Lipinski definition) is 12. The van der Waals surface area contributed by atoms with Crippen LogP contribution in [0.25, 0.3) is 20.8 Å². The van der Waals surface area contributed by atoms with Gasteiger partial charge in [0, 0.05) is 23.8 Å². The van der Waals surface area contributed by atoms with Gasteiger partial charge in [-0.25, -0.2) is 18.4 Å². The van der Waals surface area contributed by atoms with E-state index >= 15 is 0 Å². The van der Waals surface area contributed by atoms with Crippen LogP contribution in [0.15, 0.2) is 30.5 Å². The first-order chi connectivity index (χ1) is 22.6. The van der Waals surface area contributed by atoms with Crippen LogP contribution in [0.5, 0.6) is 5.75 Å². The molecule has 0 bridgehead atoms. The van der Waals surface area contributed by atoms with Crippen LogP contribution in [0, 0.1) is 19.8 Å². The molecule has 6 rings (SSSR count). The van der Waals surface area contributed by atoms with E-state index in [1.807, 2.05) is 6.07 Å². The minimum absolute atomic E-state index is 0.0703. The van der Waals surface area contributed by atoms with Crippen LogP contribution >= 0.6 is 11.3 Å².